The maximum Gasteiger partial charge on any atom is 0.208 e. The molecule has 2 N–H and O–H groups in total. The van der Waals surface area contributed by atoms with E-state index in [2.05, 4.69) is 31.7 Å². The van der Waals surface area contributed by atoms with Gasteiger partial charge in [-0.25, -0.2) is 9.38 Å². The molecular weight excluding hydrogens is 374 g/mol. The molecule has 0 radical (unpaired) electrons. The maximum atomic E-state index is 13.9. The van der Waals surface area contributed by atoms with Gasteiger partial charge >= 0.3 is 0 Å². The second-order valence-electron chi connectivity index (χ2n) is 5.71. The van der Waals surface area contributed by atoms with Gasteiger partial charge in [0.1, 0.15) is 5.82 Å². The van der Waals surface area contributed by atoms with Crippen LogP contribution in [0.2, 0.25) is 0 Å². The van der Waals surface area contributed by atoms with Gasteiger partial charge in [-0.15, -0.1) is 3.89 Å². The minimum absolute atomic E-state index is 0.0362. The van der Waals surface area contributed by atoms with Crippen LogP contribution >= 0.6 is 28.3 Å². The lowest BCUT2D eigenvalue weighted by atomic mass is 9.92. The van der Waals surface area contributed by atoms with Crippen LogP contribution in [0.25, 0.3) is 0 Å². The van der Waals surface area contributed by atoms with Crippen LogP contribution in [0.5, 0.6) is 0 Å². The number of anilines is 1. The van der Waals surface area contributed by atoms with Crippen LogP contribution in [-0.4, -0.2) is 15.4 Å². The van der Waals surface area contributed by atoms with E-state index >= 15 is 0 Å². The van der Waals surface area contributed by atoms with E-state index in [1.54, 1.807) is 0 Å². The molecule has 4 nitrogen and oxygen atoms in total. The van der Waals surface area contributed by atoms with Gasteiger partial charge in [-0.1, -0.05) is 32.1 Å². The largest absolute Gasteiger partial charge is 0.349 e. The Morgan fingerprint density at radius 2 is 1.82 bits per heavy atom. The summed E-state index contributed by atoms with van der Waals surface area (Å²) in [6, 6.07) is 3.04. The Morgan fingerprint density at radius 1 is 1.27 bits per heavy atom. The van der Waals surface area contributed by atoms with E-state index in [0.717, 1.165) is 16.8 Å². The zero-order valence-corrected chi connectivity index (χ0v) is 15.2. The minimum Gasteiger partial charge on any atom is -0.349 e. The number of hydrazine groups is 1. The summed E-state index contributed by atoms with van der Waals surface area (Å²) < 4.78 is 28.6. The van der Waals surface area contributed by atoms with E-state index < -0.39 is 6.29 Å². The van der Waals surface area contributed by atoms with E-state index in [9.17, 15) is 8.28 Å². The van der Waals surface area contributed by atoms with Crippen LogP contribution in [0, 0.1) is 5.82 Å². The van der Waals surface area contributed by atoms with E-state index in [1.807, 2.05) is 27.7 Å². The highest BCUT2D eigenvalue weighted by Crippen LogP contribution is 2.35. The van der Waals surface area contributed by atoms with E-state index in [-0.39, 0.29) is 30.0 Å². The second-order valence-corrected chi connectivity index (χ2v) is 7.00. The first-order chi connectivity index (χ1) is 10.3. The third-order valence-electron chi connectivity index (χ3n) is 3.42. The number of nitrogens with one attached hydrogen (secondary N) is 2. The number of halogens is 3. The highest BCUT2D eigenvalue weighted by atomic mass is 79.9. The fourth-order valence-electron chi connectivity index (χ4n) is 2.34. The van der Waals surface area contributed by atoms with Gasteiger partial charge in [0.25, 0.3) is 0 Å². The van der Waals surface area contributed by atoms with Gasteiger partial charge < -0.3 is 5.32 Å². The third-order valence-corrected chi connectivity index (χ3v) is 4.24. The van der Waals surface area contributed by atoms with Crippen LogP contribution in [-0.2, 0) is 0 Å². The summed E-state index contributed by atoms with van der Waals surface area (Å²) in [6.45, 7) is 7.99. The van der Waals surface area contributed by atoms with Crippen molar-refractivity contribution < 1.29 is 8.28 Å². The minimum atomic E-state index is -0.621. The Kier molecular flexibility index (Phi) is 5.68. The highest BCUT2D eigenvalue weighted by molar-refractivity contribution is 9.18. The molecule has 2 rings (SSSR count). The molecule has 1 unspecified atom stereocenters. The Morgan fingerprint density at radius 3 is 2.27 bits per heavy atom. The van der Waals surface area contributed by atoms with Crippen molar-refractivity contribution >= 4 is 38.7 Å². The molecule has 0 aromatic heterocycles. The first-order valence-electron chi connectivity index (χ1n) is 7.01. The van der Waals surface area contributed by atoms with Crippen molar-refractivity contribution in [2.24, 2.45) is 4.99 Å². The second kappa shape index (κ2) is 7.14. The first kappa shape index (κ1) is 17.5. The van der Waals surface area contributed by atoms with Crippen LogP contribution in [0.15, 0.2) is 17.1 Å². The zero-order chi connectivity index (χ0) is 16.4. The molecular formula is C14H19BrF2N4S. The molecule has 0 bridgehead atoms. The maximum absolute atomic E-state index is 13.9. The van der Waals surface area contributed by atoms with Crippen LogP contribution in [0.3, 0.4) is 0 Å². The van der Waals surface area contributed by atoms with Crippen LogP contribution in [0.4, 0.5) is 14.0 Å². The molecule has 8 heteroatoms. The van der Waals surface area contributed by atoms with Crippen molar-refractivity contribution in [2.75, 3.05) is 5.32 Å². The Balaban J connectivity index is 2.44. The molecule has 1 aromatic carbocycles. The van der Waals surface area contributed by atoms with Crippen LogP contribution in [0.1, 0.15) is 50.7 Å². The topological polar surface area (TPSA) is 39.7 Å². The average Bonchev–Trinajstić information content (AvgIpc) is 2.79. The summed E-state index contributed by atoms with van der Waals surface area (Å²) in [4.78, 5) is 4.24. The van der Waals surface area contributed by atoms with Crippen molar-refractivity contribution in [2.45, 2.75) is 45.8 Å². The van der Waals surface area contributed by atoms with Crippen molar-refractivity contribution in [3.63, 3.8) is 0 Å². The summed E-state index contributed by atoms with van der Waals surface area (Å²) in [5.74, 6) is -0.00294. The Bertz CT molecular complexity index is 551. The molecule has 1 aliphatic heterocycles. The van der Waals surface area contributed by atoms with Gasteiger partial charge in [-0.3, -0.25) is 5.43 Å². The molecule has 0 aliphatic carbocycles. The molecule has 0 amide bonds. The number of hydrogen-bond acceptors (Lipinski definition) is 5. The smallest absolute Gasteiger partial charge is 0.208 e. The SMILES string of the molecule is CC(C)c1cc(F)cc(C(C)C)c1NC1N=C(Br)NN1SF. The first-order valence-corrected chi connectivity index (χ1v) is 8.48. The van der Waals surface area contributed by atoms with Gasteiger partial charge in [0.05, 0.1) is 0 Å². The molecule has 122 valence electrons. The van der Waals surface area contributed by atoms with Crippen molar-refractivity contribution in [1.82, 2.24) is 9.84 Å². The number of amidine groups is 1. The molecule has 1 heterocycles. The molecule has 1 aliphatic rings. The standard InChI is InChI=1S/C14H19BrF2N4S/c1-7(2)10-5-9(16)6-11(8(3)4)12(10)18-14-19-13(15)20-21(14)22-17/h5-8,14,18H,1-4H3,(H,19,20). The fraction of sp³-hybridized carbons (Fsp3) is 0.500. The van der Waals surface area contributed by atoms with E-state index in [4.69, 9.17) is 0 Å². The van der Waals surface area contributed by atoms with Crippen molar-refractivity contribution in [1.29, 1.82) is 0 Å². The van der Waals surface area contributed by atoms with Gasteiger partial charge in [-0.2, -0.15) is 0 Å². The van der Waals surface area contributed by atoms with Gasteiger partial charge in [-0.05, 0) is 51.0 Å². The molecule has 22 heavy (non-hydrogen) atoms. The summed E-state index contributed by atoms with van der Waals surface area (Å²) in [7, 11) is 0. The number of rotatable bonds is 5. The average molecular weight is 393 g/mol. The molecule has 0 saturated carbocycles. The Hall–Kier alpha value is -0.860. The van der Waals surface area contributed by atoms with Crippen molar-refractivity contribution in [3.05, 3.63) is 29.1 Å². The molecule has 1 aromatic rings. The number of nitrogens with zero attached hydrogens (tertiary/aromatic N) is 2. The quantitative estimate of drug-likeness (QED) is 0.553. The monoisotopic (exact) mass is 392 g/mol. The Labute approximate surface area is 142 Å². The van der Waals surface area contributed by atoms with Gasteiger partial charge in [0.15, 0.2) is 17.1 Å². The number of hydrogen-bond donors (Lipinski definition) is 2. The summed E-state index contributed by atoms with van der Waals surface area (Å²) in [6.07, 6.45) is -0.621. The lowest BCUT2D eigenvalue weighted by Gasteiger charge is -2.25. The molecule has 0 spiro atoms. The fourth-order valence-corrected chi connectivity index (χ4v) is 3.14. The van der Waals surface area contributed by atoms with Gasteiger partial charge in [0, 0.05) is 5.69 Å². The normalized spacial score (nSPS) is 18.8. The highest BCUT2D eigenvalue weighted by Gasteiger charge is 2.28. The lowest BCUT2D eigenvalue weighted by Crippen LogP contribution is -2.37. The zero-order valence-electron chi connectivity index (χ0n) is 12.8. The van der Waals surface area contributed by atoms with Crippen LogP contribution < -0.4 is 10.7 Å². The summed E-state index contributed by atoms with van der Waals surface area (Å²) in [5, 5.41) is 3.22. The predicted octanol–water partition coefficient (Wildman–Crippen LogP) is 4.87. The molecule has 1 atom stereocenters. The molecule has 0 saturated heterocycles. The number of aliphatic imine (C=N–C) groups is 1. The molecule has 0 fully saturated rings. The van der Waals surface area contributed by atoms with E-state index in [1.165, 1.54) is 16.5 Å². The third kappa shape index (κ3) is 3.72. The van der Waals surface area contributed by atoms with Gasteiger partial charge in [0.2, 0.25) is 6.29 Å². The predicted molar refractivity (Wildman–Crippen MR) is 92.0 cm³/mol. The summed E-state index contributed by atoms with van der Waals surface area (Å²) >= 11 is 3.23. The summed E-state index contributed by atoms with van der Waals surface area (Å²) in [5.41, 5.74) is 5.25. The number of benzene rings is 1. The van der Waals surface area contributed by atoms with E-state index in [0.29, 0.717) is 4.74 Å². The van der Waals surface area contributed by atoms with Crippen molar-refractivity contribution in [3.8, 4) is 0 Å². The lowest BCUT2D eigenvalue weighted by molar-refractivity contribution is 0.382.